The van der Waals surface area contributed by atoms with Crippen LogP contribution in [0.5, 0.6) is 11.6 Å². The first kappa shape index (κ1) is 26.0. The monoisotopic (exact) mass is 511 g/mol. The van der Waals surface area contributed by atoms with Crippen LogP contribution in [0.2, 0.25) is 5.02 Å². The molecule has 0 bridgehead atoms. The Hall–Kier alpha value is -3.61. The van der Waals surface area contributed by atoms with Crippen LogP contribution in [0.3, 0.4) is 0 Å². The lowest BCUT2D eigenvalue weighted by molar-refractivity contribution is -0.137. The first-order chi connectivity index (χ1) is 16.5. The van der Waals surface area contributed by atoms with Crippen LogP contribution >= 0.6 is 11.6 Å². The molecule has 0 aliphatic heterocycles. The lowest BCUT2D eigenvalue weighted by Gasteiger charge is -2.18. The predicted molar refractivity (Wildman–Crippen MR) is 124 cm³/mol. The van der Waals surface area contributed by atoms with Crippen molar-refractivity contribution in [3.05, 3.63) is 65.3 Å². The second kappa shape index (κ2) is 11.2. The number of urea groups is 1. The number of hydrogen-bond acceptors (Lipinski definition) is 7. The number of aromatic nitrogens is 2. The highest BCUT2D eigenvalue weighted by Gasteiger charge is 2.33. The van der Waals surface area contributed by atoms with E-state index in [0.717, 1.165) is 12.1 Å². The quantitative estimate of drug-likeness (QED) is 0.295. The Labute approximate surface area is 202 Å². The Bertz CT molecular complexity index is 1160. The summed E-state index contributed by atoms with van der Waals surface area (Å²) >= 11 is 5.58. The first-order valence-electron chi connectivity index (χ1n) is 10.2. The van der Waals surface area contributed by atoms with Crippen LogP contribution in [0.15, 0.2) is 54.7 Å². The molecule has 5 N–H and O–H groups in total. The smallest absolute Gasteiger partial charge is 0.417 e. The summed E-state index contributed by atoms with van der Waals surface area (Å²) in [6.45, 7) is 1.19. The third-order valence-corrected chi connectivity index (χ3v) is 4.92. The largest absolute Gasteiger partial charge is 0.439 e. The highest BCUT2D eigenvalue weighted by molar-refractivity contribution is 6.31. The molecule has 0 fully saturated rings. The van der Waals surface area contributed by atoms with E-state index in [1.807, 2.05) is 0 Å². The van der Waals surface area contributed by atoms with Gasteiger partial charge in [0.25, 0.3) is 0 Å². The van der Waals surface area contributed by atoms with Crippen LogP contribution in [-0.4, -0.2) is 45.0 Å². The zero-order valence-corrected chi connectivity index (χ0v) is 18.9. The lowest BCUT2D eigenvalue weighted by atomic mass is 10.2. The molecule has 0 unspecified atom stereocenters. The average molecular weight is 512 g/mol. The summed E-state index contributed by atoms with van der Waals surface area (Å²) in [6, 6.07) is 9.27. The van der Waals surface area contributed by atoms with Crippen molar-refractivity contribution in [3.8, 4) is 11.6 Å². The molecule has 0 spiro atoms. The fourth-order valence-corrected chi connectivity index (χ4v) is 3.02. The maximum Gasteiger partial charge on any atom is 0.417 e. The van der Waals surface area contributed by atoms with E-state index in [1.54, 1.807) is 12.1 Å². The number of carbonyl (C=O) groups is 1. The predicted octanol–water partition coefficient (Wildman–Crippen LogP) is 4.74. The zero-order chi connectivity index (χ0) is 25.6. The number of anilines is 3. The van der Waals surface area contributed by atoms with Gasteiger partial charge < -0.3 is 30.9 Å². The number of aliphatic hydroxyl groups excluding tert-OH is 2. The molecular weight excluding hydrogens is 491 g/mol. The van der Waals surface area contributed by atoms with Crippen LogP contribution in [0.1, 0.15) is 12.5 Å². The summed E-state index contributed by atoms with van der Waals surface area (Å²) in [5.74, 6) is 0.710. The van der Waals surface area contributed by atoms with Crippen LogP contribution in [0.25, 0.3) is 0 Å². The van der Waals surface area contributed by atoms with E-state index >= 15 is 0 Å². The fraction of sp³-hybridized carbons (Fsp3) is 0.227. The maximum absolute atomic E-state index is 13.0. The van der Waals surface area contributed by atoms with E-state index in [0.29, 0.717) is 11.4 Å². The maximum atomic E-state index is 13.0. The molecule has 1 aromatic heterocycles. The highest BCUT2D eigenvalue weighted by Crippen LogP contribution is 2.36. The summed E-state index contributed by atoms with van der Waals surface area (Å²) in [5, 5.41) is 26.0. The van der Waals surface area contributed by atoms with Gasteiger partial charge in [0.1, 0.15) is 5.75 Å². The zero-order valence-electron chi connectivity index (χ0n) is 18.2. The summed E-state index contributed by atoms with van der Waals surface area (Å²) in [7, 11) is 0. The summed E-state index contributed by atoms with van der Waals surface area (Å²) in [5.41, 5.74) is -0.779. The number of ether oxygens (including phenoxy) is 1. The van der Waals surface area contributed by atoms with E-state index in [4.69, 9.17) is 16.3 Å². The molecule has 1 heterocycles. The van der Waals surface area contributed by atoms with E-state index in [1.165, 1.54) is 37.4 Å². The Morgan fingerprint density at radius 3 is 2.40 bits per heavy atom. The van der Waals surface area contributed by atoms with Gasteiger partial charge in [-0.2, -0.15) is 18.2 Å². The van der Waals surface area contributed by atoms with Gasteiger partial charge in [-0.25, -0.2) is 9.78 Å². The van der Waals surface area contributed by atoms with Gasteiger partial charge in [0.2, 0.25) is 11.8 Å². The van der Waals surface area contributed by atoms with Crippen LogP contribution in [0, 0.1) is 0 Å². The van der Waals surface area contributed by atoms with Crippen molar-refractivity contribution in [3.63, 3.8) is 0 Å². The molecule has 186 valence electrons. The van der Waals surface area contributed by atoms with E-state index in [9.17, 15) is 28.2 Å². The summed E-state index contributed by atoms with van der Waals surface area (Å²) < 4.78 is 44.6. The average Bonchev–Trinajstić information content (AvgIpc) is 2.79. The minimum absolute atomic E-state index is 0.0774. The molecule has 35 heavy (non-hydrogen) atoms. The molecule has 0 aliphatic rings. The number of halogens is 4. The van der Waals surface area contributed by atoms with Gasteiger partial charge in [0.15, 0.2) is 0 Å². The number of nitrogens with one attached hydrogen (secondary N) is 3. The van der Waals surface area contributed by atoms with E-state index in [2.05, 4.69) is 25.9 Å². The second-order valence-electron chi connectivity index (χ2n) is 7.29. The Kier molecular flexibility index (Phi) is 8.33. The van der Waals surface area contributed by atoms with Crippen LogP contribution in [-0.2, 0) is 6.18 Å². The van der Waals surface area contributed by atoms with Crippen molar-refractivity contribution in [2.45, 2.75) is 25.2 Å². The lowest BCUT2D eigenvalue weighted by Crippen LogP contribution is -2.35. The first-order valence-corrected chi connectivity index (χ1v) is 10.5. The number of aliphatic hydroxyl groups is 2. The number of rotatable bonds is 8. The third kappa shape index (κ3) is 7.44. The summed E-state index contributed by atoms with van der Waals surface area (Å²) in [4.78, 5) is 20.3. The molecule has 3 aromatic rings. The van der Waals surface area contributed by atoms with Crippen molar-refractivity contribution in [1.82, 2.24) is 9.97 Å². The standard InChI is InChI=1S/C22H21ClF3N5O4/c1-12(33)18(11-32)30-20-27-9-8-19(31-20)35-15-5-2-13(3-6-15)28-21(34)29-14-4-7-17(23)16(10-14)22(24,25)26/h2-10,12,18,32-33H,11H2,1H3,(H,27,30,31)(H2,28,29,34)/t12-,18-/m1/s1. The van der Waals surface area contributed by atoms with Crippen molar-refractivity contribution in [2.24, 2.45) is 0 Å². The minimum atomic E-state index is -4.65. The van der Waals surface area contributed by atoms with Gasteiger partial charge >= 0.3 is 12.2 Å². The fourth-order valence-electron chi connectivity index (χ4n) is 2.79. The molecule has 3 rings (SSSR count). The molecule has 13 heteroatoms. The van der Waals surface area contributed by atoms with Crippen molar-refractivity contribution >= 4 is 35.0 Å². The molecule has 2 aromatic carbocycles. The summed E-state index contributed by atoms with van der Waals surface area (Å²) in [6.07, 6.45) is -4.06. The second-order valence-corrected chi connectivity index (χ2v) is 7.70. The molecule has 2 atom stereocenters. The minimum Gasteiger partial charge on any atom is -0.439 e. The molecule has 0 radical (unpaired) electrons. The van der Waals surface area contributed by atoms with Gasteiger partial charge in [0, 0.05) is 23.6 Å². The van der Waals surface area contributed by atoms with Gasteiger partial charge in [-0.15, -0.1) is 0 Å². The Morgan fingerprint density at radius 1 is 1.11 bits per heavy atom. The van der Waals surface area contributed by atoms with Crippen molar-refractivity contribution in [2.75, 3.05) is 22.6 Å². The van der Waals surface area contributed by atoms with E-state index < -0.39 is 34.9 Å². The van der Waals surface area contributed by atoms with Crippen LogP contribution < -0.4 is 20.7 Å². The molecule has 2 amide bonds. The topological polar surface area (TPSA) is 129 Å². The van der Waals surface area contributed by atoms with Gasteiger partial charge in [-0.1, -0.05) is 11.6 Å². The highest BCUT2D eigenvalue weighted by atomic mass is 35.5. The van der Waals surface area contributed by atoms with Gasteiger partial charge in [-0.05, 0) is 49.4 Å². The molecular formula is C22H21ClF3N5O4. The Morgan fingerprint density at radius 2 is 1.77 bits per heavy atom. The Balaban J connectivity index is 1.60. The van der Waals surface area contributed by atoms with Crippen molar-refractivity contribution in [1.29, 1.82) is 0 Å². The molecule has 0 saturated heterocycles. The van der Waals surface area contributed by atoms with Crippen LogP contribution in [0.4, 0.5) is 35.3 Å². The number of nitrogens with zero attached hydrogens (tertiary/aromatic N) is 2. The molecule has 9 nitrogen and oxygen atoms in total. The molecule has 0 saturated carbocycles. The third-order valence-electron chi connectivity index (χ3n) is 4.59. The number of alkyl halides is 3. The number of amides is 2. The van der Waals surface area contributed by atoms with Gasteiger partial charge in [-0.3, -0.25) is 0 Å². The SMILES string of the molecule is C[C@@H](O)[C@@H](CO)Nc1nccc(Oc2ccc(NC(=O)Nc3ccc(Cl)c(C(F)(F)F)c3)cc2)n1. The van der Waals surface area contributed by atoms with E-state index in [-0.39, 0.29) is 24.1 Å². The van der Waals surface area contributed by atoms with Crippen molar-refractivity contribution < 1.29 is 32.9 Å². The number of benzene rings is 2. The number of hydrogen-bond donors (Lipinski definition) is 5. The normalized spacial score (nSPS) is 13.0. The number of carbonyl (C=O) groups excluding carboxylic acids is 1. The van der Waals surface area contributed by atoms with Gasteiger partial charge in [0.05, 0.1) is 29.3 Å². The molecule has 0 aliphatic carbocycles.